The fourth-order valence-corrected chi connectivity index (χ4v) is 0.596. The van der Waals surface area contributed by atoms with Crippen molar-refractivity contribution in [2.24, 2.45) is 0 Å². The first kappa shape index (κ1) is 11.7. The van der Waals surface area contributed by atoms with Crippen molar-refractivity contribution in [3.8, 4) is 0 Å². The van der Waals surface area contributed by atoms with Crippen LogP contribution in [-0.2, 0) is 0 Å². The Morgan fingerprint density at radius 2 is 1.67 bits per heavy atom. The van der Waals surface area contributed by atoms with E-state index in [4.69, 9.17) is 0 Å². The summed E-state index contributed by atoms with van der Waals surface area (Å²) in [6.07, 6.45) is 0.819. The van der Waals surface area contributed by atoms with Gasteiger partial charge in [0.15, 0.2) is 0 Å². The fourth-order valence-electron chi connectivity index (χ4n) is 0.596. The summed E-state index contributed by atoms with van der Waals surface area (Å²) in [6, 6.07) is 7.11. The van der Waals surface area contributed by atoms with Crippen LogP contribution in [0.15, 0.2) is 24.3 Å². The van der Waals surface area contributed by atoms with Gasteiger partial charge in [-0.1, -0.05) is 24.3 Å². The van der Waals surface area contributed by atoms with Crippen molar-refractivity contribution in [2.75, 3.05) is 0 Å². The molecule has 1 aromatic rings. The van der Waals surface area contributed by atoms with Crippen LogP contribution in [0.3, 0.4) is 0 Å². The van der Waals surface area contributed by atoms with E-state index >= 15 is 0 Å². The van der Waals surface area contributed by atoms with E-state index in [1.165, 1.54) is 0 Å². The van der Waals surface area contributed by atoms with Crippen molar-refractivity contribution in [1.82, 2.24) is 0 Å². The van der Waals surface area contributed by atoms with Crippen LogP contribution in [-0.4, -0.2) is 27.4 Å². The molecule has 1 nitrogen and oxygen atoms in total. The molecule has 63 valence electrons. The van der Waals surface area contributed by atoms with Crippen LogP contribution < -0.4 is 0 Å². The molecule has 0 heterocycles. The van der Waals surface area contributed by atoms with Crippen LogP contribution in [0.5, 0.6) is 0 Å². The molecule has 12 heavy (non-hydrogen) atoms. The number of aldehydes is 1. The SMILES string of the molecule is [CH2]c1ccc(C=O)cc1.[CH3][Sn][CH3]. The predicted octanol–water partition coefficient (Wildman–Crippen LogP) is 2.47. The molecule has 3 radical (unpaired) electrons. The first-order valence-corrected chi connectivity index (χ1v) is 9.41. The van der Waals surface area contributed by atoms with Crippen LogP contribution >= 0.6 is 0 Å². The van der Waals surface area contributed by atoms with Crippen molar-refractivity contribution in [1.29, 1.82) is 0 Å². The molecule has 0 aliphatic carbocycles. The van der Waals surface area contributed by atoms with Gasteiger partial charge in [0.2, 0.25) is 0 Å². The molecule has 0 atom stereocenters. The van der Waals surface area contributed by atoms with Gasteiger partial charge in [0, 0.05) is 5.56 Å². The molecule has 0 aromatic heterocycles. The first-order valence-electron chi connectivity index (χ1n) is 3.70. The number of hydrogen-bond acceptors (Lipinski definition) is 1. The Labute approximate surface area is 84.4 Å². The molecule has 0 fully saturated rings. The number of rotatable bonds is 1. The molecule has 0 amide bonds. The minimum atomic E-state index is 0.230. The Balaban J connectivity index is 0.000000354. The van der Waals surface area contributed by atoms with Crippen LogP contribution in [0.25, 0.3) is 0 Å². The summed E-state index contributed by atoms with van der Waals surface area (Å²) in [7, 11) is 0. The van der Waals surface area contributed by atoms with Crippen molar-refractivity contribution >= 4 is 27.4 Å². The van der Waals surface area contributed by atoms with Crippen LogP contribution in [0, 0.1) is 6.92 Å². The molecule has 0 N–H and O–H groups in total. The van der Waals surface area contributed by atoms with Gasteiger partial charge in [-0.15, -0.1) is 0 Å². The molecule has 0 bridgehead atoms. The Kier molecular flexibility index (Phi) is 7.15. The van der Waals surface area contributed by atoms with Crippen LogP contribution in [0.2, 0.25) is 9.88 Å². The molecular weight excluding hydrogens is 255 g/mol. The van der Waals surface area contributed by atoms with Gasteiger partial charge in [-0.25, -0.2) is 0 Å². The average Bonchev–Trinajstić information content (AvgIpc) is 2.07. The minimum absolute atomic E-state index is 0.230. The summed E-state index contributed by atoms with van der Waals surface area (Å²) < 4.78 is 0. The van der Waals surface area contributed by atoms with E-state index < -0.39 is 0 Å². The molecule has 1 rings (SSSR count). The number of benzene rings is 1. The third-order valence-corrected chi connectivity index (χ3v) is 1.12. The molecule has 0 aliphatic heterocycles. The standard InChI is InChI=1S/C8H7O.2CH3.Sn/c1-7-2-4-8(6-9)5-3-7;;;/h2-6H,1H2;2*1H3;. The third kappa shape index (κ3) is 5.35. The Bertz CT molecular complexity index is 216. The summed E-state index contributed by atoms with van der Waals surface area (Å²) >= 11 is 0.230. The van der Waals surface area contributed by atoms with Crippen molar-refractivity contribution < 1.29 is 4.79 Å². The van der Waals surface area contributed by atoms with Crippen molar-refractivity contribution in [3.63, 3.8) is 0 Å². The van der Waals surface area contributed by atoms with E-state index in [0.717, 1.165) is 11.8 Å². The van der Waals surface area contributed by atoms with E-state index in [0.29, 0.717) is 5.56 Å². The number of carbonyl (C=O) groups excluding carboxylic acids is 1. The maximum absolute atomic E-state index is 10.1. The second-order valence-electron chi connectivity index (χ2n) is 2.36. The van der Waals surface area contributed by atoms with E-state index in [1.54, 1.807) is 12.1 Å². The molecule has 0 unspecified atom stereocenters. The topological polar surface area (TPSA) is 17.1 Å². The predicted molar refractivity (Wildman–Crippen MR) is 53.8 cm³/mol. The van der Waals surface area contributed by atoms with Crippen molar-refractivity contribution in [2.45, 2.75) is 9.88 Å². The van der Waals surface area contributed by atoms with Crippen LogP contribution in [0.1, 0.15) is 15.9 Å². The zero-order chi connectivity index (χ0) is 9.40. The van der Waals surface area contributed by atoms with Crippen LogP contribution in [0.4, 0.5) is 0 Å². The van der Waals surface area contributed by atoms with Gasteiger partial charge in [0.05, 0.1) is 0 Å². The third-order valence-electron chi connectivity index (χ3n) is 1.12. The maximum atomic E-state index is 10.1. The van der Waals surface area contributed by atoms with Gasteiger partial charge in [0.1, 0.15) is 6.29 Å². The van der Waals surface area contributed by atoms with Gasteiger partial charge in [-0.3, -0.25) is 4.79 Å². The molecule has 0 saturated heterocycles. The van der Waals surface area contributed by atoms with E-state index in [2.05, 4.69) is 16.8 Å². The Morgan fingerprint density at radius 1 is 1.25 bits per heavy atom. The number of carbonyl (C=O) groups is 1. The van der Waals surface area contributed by atoms with Gasteiger partial charge >= 0.3 is 31.0 Å². The Hall–Kier alpha value is -0.311. The molecular formula is C10H13OSn. The molecule has 1 aromatic carbocycles. The Morgan fingerprint density at radius 3 is 2.00 bits per heavy atom. The summed E-state index contributed by atoms with van der Waals surface area (Å²) in [5.41, 5.74) is 1.63. The average molecular weight is 268 g/mol. The summed E-state index contributed by atoms with van der Waals surface area (Å²) in [4.78, 5) is 14.7. The number of hydrogen-bond donors (Lipinski definition) is 0. The van der Waals surface area contributed by atoms with Crippen molar-refractivity contribution in [3.05, 3.63) is 42.3 Å². The molecule has 2 heteroatoms. The zero-order valence-electron chi connectivity index (χ0n) is 7.50. The molecule has 0 spiro atoms. The van der Waals surface area contributed by atoms with Gasteiger partial charge in [-0.2, -0.15) is 0 Å². The monoisotopic (exact) mass is 269 g/mol. The zero-order valence-corrected chi connectivity index (χ0v) is 10.4. The summed E-state index contributed by atoms with van der Waals surface area (Å²) in [6.45, 7) is 3.68. The summed E-state index contributed by atoms with van der Waals surface area (Å²) in [5, 5.41) is 0. The van der Waals surface area contributed by atoms with Gasteiger partial charge < -0.3 is 0 Å². The second kappa shape index (κ2) is 7.34. The van der Waals surface area contributed by atoms with E-state index in [9.17, 15) is 4.79 Å². The first-order chi connectivity index (χ1) is 5.74. The van der Waals surface area contributed by atoms with Gasteiger partial charge in [-0.05, 0) is 12.5 Å². The fraction of sp³-hybridized carbons (Fsp3) is 0.200. The summed E-state index contributed by atoms with van der Waals surface area (Å²) in [5.74, 6) is 0. The quantitative estimate of drug-likeness (QED) is 0.564. The molecule has 0 saturated carbocycles. The van der Waals surface area contributed by atoms with Gasteiger partial charge in [0.25, 0.3) is 0 Å². The van der Waals surface area contributed by atoms with E-state index in [-0.39, 0.29) is 21.1 Å². The normalized spacial score (nSPS) is 8.25. The second-order valence-corrected chi connectivity index (χ2v) is 5.21. The van der Waals surface area contributed by atoms with E-state index in [1.807, 2.05) is 12.1 Å². The molecule has 0 aliphatic rings.